The molecule has 1 aromatic heterocycles. The molecule has 7 nitrogen and oxygen atoms in total. The summed E-state index contributed by atoms with van der Waals surface area (Å²) in [5.74, 6) is 3.00. The minimum atomic E-state index is -0.0258. The first-order valence-corrected chi connectivity index (χ1v) is 18.8. The van der Waals surface area contributed by atoms with Gasteiger partial charge in [0.15, 0.2) is 0 Å². The van der Waals surface area contributed by atoms with Crippen molar-refractivity contribution in [3.63, 3.8) is 0 Å². The second kappa shape index (κ2) is 19.8. The van der Waals surface area contributed by atoms with Gasteiger partial charge in [0.2, 0.25) is 11.8 Å². The first-order chi connectivity index (χ1) is 25.7. The number of hydrogen-bond donors (Lipinski definition) is 0. The Hall–Kier alpha value is -4.34. The number of hydrogen-bond acceptors (Lipinski definition) is 6. The second-order valence-corrected chi connectivity index (χ2v) is 14.3. The summed E-state index contributed by atoms with van der Waals surface area (Å²) in [4.78, 5) is 21.7. The van der Waals surface area contributed by atoms with Gasteiger partial charge in [-0.05, 0) is 77.1 Å². The third kappa shape index (κ3) is 11.6. The van der Waals surface area contributed by atoms with Crippen LogP contribution in [0.25, 0.3) is 6.08 Å². The molecule has 0 aliphatic carbocycles. The van der Waals surface area contributed by atoms with Crippen molar-refractivity contribution in [3.8, 4) is 23.1 Å². The van der Waals surface area contributed by atoms with Gasteiger partial charge < -0.3 is 19.1 Å². The summed E-state index contributed by atoms with van der Waals surface area (Å²) in [6, 6.07) is 31.9. The maximum atomic E-state index is 13.1. The zero-order valence-electron chi connectivity index (χ0n) is 30.8. The molecule has 1 saturated heterocycles. The number of aromatic nitrogens is 1. The maximum absolute atomic E-state index is 13.1. The Labute approximate surface area is 339 Å². The summed E-state index contributed by atoms with van der Waals surface area (Å²) in [7, 11) is 0. The molecule has 6 rings (SSSR count). The molecule has 0 spiro atoms. The number of nitrogens with zero attached hydrogens (tertiary/aromatic N) is 3. The Morgan fingerprint density at radius 3 is 2.22 bits per heavy atom. The third-order valence-corrected chi connectivity index (χ3v) is 9.99. The Bertz CT molecular complexity index is 2000. The summed E-state index contributed by atoms with van der Waals surface area (Å²) in [5.41, 5.74) is 6.35. The molecule has 1 aliphatic heterocycles. The van der Waals surface area contributed by atoms with Crippen LogP contribution in [0.3, 0.4) is 0 Å². The molecule has 0 radical (unpaired) electrons. The lowest BCUT2D eigenvalue weighted by Gasteiger charge is -2.34. The van der Waals surface area contributed by atoms with Crippen LogP contribution in [0, 0.1) is 6.92 Å². The van der Waals surface area contributed by atoms with Crippen LogP contribution in [0.1, 0.15) is 53.1 Å². The van der Waals surface area contributed by atoms with Crippen LogP contribution in [0.2, 0.25) is 10.0 Å². The van der Waals surface area contributed by atoms with Crippen molar-refractivity contribution in [2.75, 3.05) is 32.8 Å². The average Bonchev–Trinajstić information content (AvgIpc) is 3.17. The van der Waals surface area contributed by atoms with Crippen molar-refractivity contribution in [1.82, 2.24) is 14.8 Å². The van der Waals surface area contributed by atoms with Crippen molar-refractivity contribution < 1.29 is 19.0 Å². The SMILES string of the molecule is Br.Cc1cc(/C=C/C(=O)N2CCN(Cc3ccc(CCOc4ccc(C(C)C)cc4)cc3)CC2)c(Cl)cc1Oc1ccc(OCc2ccccc2Cl)cn1. The highest BCUT2D eigenvalue weighted by Crippen LogP contribution is 2.31. The van der Waals surface area contributed by atoms with Gasteiger partial charge in [-0.3, -0.25) is 9.69 Å². The minimum absolute atomic E-state index is 0. The van der Waals surface area contributed by atoms with Gasteiger partial charge in [0, 0.05) is 67.9 Å². The van der Waals surface area contributed by atoms with E-state index in [0.717, 1.165) is 48.5 Å². The number of benzene rings is 4. The smallest absolute Gasteiger partial charge is 0.246 e. The van der Waals surface area contributed by atoms with Crippen molar-refractivity contribution in [2.45, 2.75) is 46.3 Å². The molecule has 10 heteroatoms. The van der Waals surface area contributed by atoms with Crippen molar-refractivity contribution >= 4 is 52.2 Å². The second-order valence-electron chi connectivity index (χ2n) is 13.5. The number of carbonyl (C=O) groups is 1. The van der Waals surface area contributed by atoms with E-state index >= 15 is 0 Å². The molecule has 282 valence electrons. The summed E-state index contributed by atoms with van der Waals surface area (Å²) in [5, 5.41) is 1.14. The Morgan fingerprint density at radius 1 is 0.833 bits per heavy atom. The highest BCUT2D eigenvalue weighted by molar-refractivity contribution is 8.93. The molecule has 2 heterocycles. The lowest BCUT2D eigenvalue weighted by atomic mass is 10.0. The summed E-state index contributed by atoms with van der Waals surface area (Å²) in [6.07, 6.45) is 5.84. The fraction of sp³-hybridized carbons (Fsp3) is 0.273. The maximum Gasteiger partial charge on any atom is 0.246 e. The van der Waals surface area contributed by atoms with E-state index in [4.69, 9.17) is 37.4 Å². The zero-order valence-corrected chi connectivity index (χ0v) is 34.1. The summed E-state index contributed by atoms with van der Waals surface area (Å²) in [6.45, 7) is 11.1. The number of piperazine rings is 1. The number of pyridine rings is 1. The Kier molecular flexibility index (Phi) is 15.0. The zero-order chi connectivity index (χ0) is 37.2. The van der Waals surface area contributed by atoms with E-state index in [1.54, 1.807) is 36.5 Å². The van der Waals surface area contributed by atoms with Gasteiger partial charge >= 0.3 is 0 Å². The first-order valence-electron chi connectivity index (χ1n) is 18.0. The van der Waals surface area contributed by atoms with E-state index in [1.165, 1.54) is 16.7 Å². The van der Waals surface area contributed by atoms with Crippen LogP contribution in [0.4, 0.5) is 0 Å². The molecule has 1 aliphatic rings. The molecular formula is C44H46BrCl2N3O4. The fourth-order valence-corrected chi connectivity index (χ4v) is 6.43. The lowest BCUT2D eigenvalue weighted by molar-refractivity contribution is -0.127. The molecule has 1 amide bonds. The van der Waals surface area contributed by atoms with Crippen LogP contribution < -0.4 is 14.2 Å². The first kappa shape index (κ1) is 40.8. The molecule has 5 aromatic rings. The topological polar surface area (TPSA) is 64.1 Å². The predicted molar refractivity (Wildman–Crippen MR) is 224 cm³/mol. The van der Waals surface area contributed by atoms with Gasteiger partial charge in [0.25, 0.3) is 0 Å². The van der Waals surface area contributed by atoms with Gasteiger partial charge in [-0.25, -0.2) is 4.98 Å². The van der Waals surface area contributed by atoms with Gasteiger partial charge in [0.05, 0.1) is 17.8 Å². The predicted octanol–water partition coefficient (Wildman–Crippen LogP) is 10.7. The van der Waals surface area contributed by atoms with Gasteiger partial charge in [-0.2, -0.15) is 0 Å². The third-order valence-electron chi connectivity index (χ3n) is 9.29. The normalized spacial score (nSPS) is 13.2. The van der Waals surface area contributed by atoms with Crippen molar-refractivity contribution in [2.24, 2.45) is 0 Å². The van der Waals surface area contributed by atoms with Gasteiger partial charge in [0.1, 0.15) is 23.9 Å². The minimum Gasteiger partial charge on any atom is -0.493 e. The molecule has 0 unspecified atom stereocenters. The number of amides is 1. The molecule has 0 bridgehead atoms. The number of halogens is 3. The van der Waals surface area contributed by atoms with E-state index in [0.29, 0.717) is 59.6 Å². The van der Waals surface area contributed by atoms with Crippen molar-refractivity contribution in [3.05, 3.63) is 153 Å². The number of ether oxygens (including phenoxy) is 3. The molecule has 54 heavy (non-hydrogen) atoms. The molecule has 4 aromatic carbocycles. The van der Waals surface area contributed by atoms with Gasteiger partial charge in [-0.15, -0.1) is 17.0 Å². The molecular weight excluding hydrogens is 785 g/mol. The standard InChI is InChI=1S/C44H45Cl2N3O4.BrH/c1-31(2)35-12-15-38(16-13-35)51-25-20-33-8-10-34(11-9-33)29-48-21-23-49(24-22-48)44(50)19-14-36-26-32(3)42(27-41(36)46)53-43-18-17-39(28-47-43)52-30-37-6-4-5-7-40(37)45;/h4-19,26-28,31H,20-25,29-30H2,1-3H3;1H/b19-14+;. The van der Waals surface area contributed by atoms with Crippen LogP contribution in [0.15, 0.2) is 109 Å². The van der Waals surface area contributed by atoms with Gasteiger partial charge in [-0.1, -0.05) is 91.6 Å². The number of rotatable bonds is 14. The van der Waals surface area contributed by atoms with E-state index in [2.05, 4.69) is 72.3 Å². The lowest BCUT2D eigenvalue weighted by Crippen LogP contribution is -2.47. The average molecular weight is 832 g/mol. The summed E-state index contributed by atoms with van der Waals surface area (Å²) < 4.78 is 17.8. The highest BCUT2D eigenvalue weighted by atomic mass is 79.9. The Morgan fingerprint density at radius 2 is 1.54 bits per heavy atom. The van der Waals surface area contributed by atoms with Crippen LogP contribution in [0.5, 0.6) is 23.1 Å². The quantitative estimate of drug-likeness (QED) is 0.104. The fourth-order valence-electron chi connectivity index (χ4n) is 6.02. The highest BCUT2D eigenvalue weighted by Gasteiger charge is 2.20. The molecule has 0 saturated carbocycles. The Balaban J connectivity index is 0.00000561. The monoisotopic (exact) mass is 829 g/mol. The number of aryl methyl sites for hydroxylation is 1. The molecule has 1 fully saturated rings. The van der Waals surface area contributed by atoms with Crippen LogP contribution in [-0.4, -0.2) is 53.5 Å². The van der Waals surface area contributed by atoms with E-state index in [-0.39, 0.29) is 22.9 Å². The van der Waals surface area contributed by atoms with Crippen molar-refractivity contribution in [1.29, 1.82) is 0 Å². The van der Waals surface area contributed by atoms with E-state index in [9.17, 15) is 4.79 Å². The summed E-state index contributed by atoms with van der Waals surface area (Å²) >= 11 is 12.8. The largest absolute Gasteiger partial charge is 0.493 e. The van der Waals surface area contributed by atoms with E-state index in [1.807, 2.05) is 42.2 Å². The van der Waals surface area contributed by atoms with E-state index < -0.39 is 0 Å². The van der Waals surface area contributed by atoms with Crippen LogP contribution in [-0.2, 0) is 24.4 Å². The van der Waals surface area contributed by atoms with Crippen LogP contribution >= 0.6 is 40.2 Å². The number of carbonyl (C=O) groups excluding carboxylic acids is 1. The molecule has 0 atom stereocenters. The molecule has 0 N–H and O–H groups in total.